The van der Waals surface area contributed by atoms with E-state index in [4.69, 9.17) is 24.9 Å². The molecular weight excluding hydrogens is 528 g/mol. The highest BCUT2D eigenvalue weighted by Crippen LogP contribution is 2.40. The van der Waals surface area contributed by atoms with Crippen molar-refractivity contribution in [1.82, 2.24) is 10.2 Å². The largest absolute Gasteiger partial charge is 0.493 e. The van der Waals surface area contributed by atoms with E-state index in [1.165, 1.54) is 13.1 Å². The Balaban J connectivity index is 1.95. The van der Waals surface area contributed by atoms with Gasteiger partial charge in [0.2, 0.25) is 0 Å². The molecule has 11 heteroatoms. The molecule has 0 spiro atoms. The molecule has 0 bridgehead atoms. The lowest BCUT2D eigenvalue weighted by Gasteiger charge is -2.26. The van der Waals surface area contributed by atoms with Crippen LogP contribution in [-0.4, -0.2) is 66.9 Å². The van der Waals surface area contributed by atoms with E-state index < -0.39 is 18.0 Å². The minimum Gasteiger partial charge on any atom is -0.493 e. The standard InChI is InChI=1S/C30H36N4O7/c1-6-39-24-13-19-15-34(28(32)20(19)14-21(24)29(38)33-5)16-23(35)18-11-22(30(2,3)4)27(41-17-26(36)37)25(12-18)40-10-8-7-9-31/h11-14,32H,6-8,10,15-17H2,1-5H3,(H,33,38)(H,36,37). The molecule has 0 fully saturated rings. The zero-order valence-electron chi connectivity index (χ0n) is 24.1. The van der Waals surface area contributed by atoms with Crippen LogP contribution in [0.25, 0.3) is 0 Å². The van der Waals surface area contributed by atoms with Crippen LogP contribution in [0, 0.1) is 16.7 Å². The fraction of sp³-hybridized carbons (Fsp3) is 0.433. The zero-order valence-corrected chi connectivity index (χ0v) is 24.1. The molecule has 1 aliphatic heterocycles. The van der Waals surface area contributed by atoms with Crippen molar-refractivity contribution in [3.63, 3.8) is 0 Å². The molecule has 0 aliphatic carbocycles. The van der Waals surface area contributed by atoms with Crippen molar-refractivity contribution in [2.75, 3.05) is 33.4 Å². The SMILES string of the molecule is CCOc1cc2c(cc1C(=O)NC)C(=N)N(CC(=O)c1cc(OCCCC#N)c(OCC(=O)O)c(C(C)(C)C)c1)C2. The normalized spacial score (nSPS) is 12.4. The number of hydrogen-bond donors (Lipinski definition) is 3. The molecule has 0 aromatic heterocycles. The number of unbranched alkanes of at least 4 members (excludes halogenated alkanes) is 1. The first-order valence-corrected chi connectivity index (χ1v) is 13.3. The molecular formula is C30H36N4O7. The van der Waals surface area contributed by atoms with Crippen LogP contribution in [0.5, 0.6) is 17.2 Å². The van der Waals surface area contributed by atoms with Crippen molar-refractivity contribution in [1.29, 1.82) is 10.7 Å². The molecule has 2 aromatic rings. The van der Waals surface area contributed by atoms with Crippen molar-refractivity contribution < 1.29 is 33.7 Å². The van der Waals surface area contributed by atoms with E-state index in [0.29, 0.717) is 41.0 Å². The predicted molar refractivity (Wildman–Crippen MR) is 151 cm³/mol. The Morgan fingerprint density at radius 3 is 2.46 bits per heavy atom. The third-order valence-electron chi connectivity index (χ3n) is 6.46. The van der Waals surface area contributed by atoms with Gasteiger partial charge in [-0.05, 0) is 48.6 Å². The number of amidine groups is 1. The number of ketones is 1. The fourth-order valence-corrected chi connectivity index (χ4v) is 4.46. The molecule has 2 aromatic carbocycles. The Morgan fingerprint density at radius 1 is 1.12 bits per heavy atom. The number of amides is 1. The number of nitrogens with one attached hydrogen (secondary N) is 2. The van der Waals surface area contributed by atoms with Gasteiger partial charge in [0.1, 0.15) is 11.6 Å². The number of carboxylic acid groups (broad SMARTS) is 1. The van der Waals surface area contributed by atoms with E-state index >= 15 is 0 Å². The third-order valence-corrected chi connectivity index (χ3v) is 6.46. The molecule has 0 atom stereocenters. The Labute approximate surface area is 239 Å². The van der Waals surface area contributed by atoms with E-state index in [1.54, 1.807) is 23.1 Å². The number of carboxylic acids is 1. The van der Waals surface area contributed by atoms with Crippen LogP contribution in [0.4, 0.5) is 0 Å². The first-order chi connectivity index (χ1) is 19.4. The van der Waals surface area contributed by atoms with Crippen LogP contribution in [0.3, 0.4) is 0 Å². The maximum absolute atomic E-state index is 13.6. The monoisotopic (exact) mass is 564 g/mol. The average molecular weight is 565 g/mol. The second kappa shape index (κ2) is 13.2. The number of hydrogen-bond acceptors (Lipinski definition) is 8. The number of nitrogens with zero attached hydrogens (tertiary/aromatic N) is 2. The molecule has 3 N–H and O–H groups in total. The van der Waals surface area contributed by atoms with Gasteiger partial charge in [-0.3, -0.25) is 15.0 Å². The number of carbonyl (C=O) groups excluding carboxylic acids is 2. The second-order valence-electron chi connectivity index (χ2n) is 10.5. The fourth-order valence-electron chi connectivity index (χ4n) is 4.46. The van der Waals surface area contributed by atoms with Gasteiger partial charge in [-0.1, -0.05) is 20.8 Å². The lowest BCUT2D eigenvalue weighted by atomic mass is 9.84. The smallest absolute Gasteiger partial charge is 0.341 e. The molecule has 1 amide bonds. The highest BCUT2D eigenvalue weighted by atomic mass is 16.5. The van der Waals surface area contributed by atoms with Gasteiger partial charge < -0.3 is 29.5 Å². The lowest BCUT2D eigenvalue weighted by molar-refractivity contribution is -0.139. The summed E-state index contributed by atoms with van der Waals surface area (Å²) in [5.41, 5.74) is 2.02. The molecule has 3 rings (SSSR count). The Bertz CT molecular complexity index is 1390. The number of nitriles is 1. The molecule has 0 radical (unpaired) electrons. The number of rotatable bonds is 13. The van der Waals surface area contributed by atoms with Gasteiger partial charge in [0.15, 0.2) is 23.9 Å². The first-order valence-electron chi connectivity index (χ1n) is 13.3. The van der Waals surface area contributed by atoms with Crippen molar-refractivity contribution in [2.45, 2.75) is 52.5 Å². The van der Waals surface area contributed by atoms with E-state index in [1.807, 2.05) is 27.7 Å². The van der Waals surface area contributed by atoms with Crippen LogP contribution in [-0.2, 0) is 16.8 Å². The van der Waals surface area contributed by atoms with Gasteiger partial charge >= 0.3 is 5.97 Å². The van der Waals surface area contributed by atoms with E-state index in [0.717, 1.165) is 5.56 Å². The first kappa shape index (κ1) is 30.9. The highest BCUT2D eigenvalue weighted by molar-refractivity contribution is 6.07. The van der Waals surface area contributed by atoms with Gasteiger partial charge in [-0.15, -0.1) is 0 Å². The van der Waals surface area contributed by atoms with Gasteiger partial charge in [-0.25, -0.2) is 4.79 Å². The third kappa shape index (κ3) is 7.33. The average Bonchev–Trinajstić information content (AvgIpc) is 3.22. The minimum absolute atomic E-state index is 0.112. The van der Waals surface area contributed by atoms with E-state index in [-0.39, 0.29) is 55.1 Å². The van der Waals surface area contributed by atoms with Crippen LogP contribution in [0.15, 0.2) is 24.3 Å². The zero-order chi connectivity index (χ0) is 30.3. The van der Waals surface area contributed by atoms with Crippen molar-refractivity contribution in [2.24, 2.45) is 0 Å². The van der Waals surface area contributed by atoms with Gasteiger partial charge in [0.05, 0.1) is 31.4 Å². The van der Waals surface area contributed by atoms with E-state index in [2.05, 4.69) is 11.4 Å². The molecule has 11 nitrogen and oxygen atoms in total. The maximum atomic E-state index is 13.6. The van der Waals surface area contributed by atoms with Crippen LogP contribution in [0.2, 0.25) is 0 Å². The van der Waals surface area contributed by atoms with E-state index in [9.17, 15) is 19.5 Å². The molecule has 1 aliphatic rings. The highest BCUT2D eigenvalue weighted by Gasteiger charge is 2.31. The topological polar surface area (TPSA) is 162 Å². The minimum atomic E-state index is -1.15. The van der Waals surface area contributed by atoms with Crippen molar-refractivity contribution >= 4 is 23.5 Å². The summed E-state index contributed by atoms with van der Waals surface area (Å²) in [7, 11) is 1.52. The Kier molecular flexibility index (Phi) is 9.94. The summed E-state index contributed by atoms with van der Waals surface area (Å²) in [6, 6.07) is 8.60. The number of aliphatic carboxylic acids is 1. The van der Waals surface area contributed by atoms with Gasteiger partial charge in [0, 0.05) is 36.7 Å². The quantitative estimate of drug-likeness (QED) is 0.242. The summed E-state index contributed by atoms with van der Waals surface area (Å²) in [6.07, 6.45) is 0.725. The lowest BCUT2D eigenvalue weighted by Crippen LogP contribution is -2.30. The molecule has 0 saturated heterocycles. The predicted octanol–water partition coefficient (Wildman–Crippen LogP) is 3.91. The van der Waals surface area contributed by atoms with Crippen LogP contribution >= 0.6 is 0 Å². The summed E-state index contributed by atoms with van der Waals surface area (Å²) in [6.45, 7) is 7.70. The molecule has 0 unspecified atom stereocenters. The summed E-state index contributed by atoms with van der Waals surface area (Å²) in [4.78, 5) is 38.9. The van der Waals surface area contributed by atoms with Gasteiger partial charge in [-0.2, -0.15) is 5.26 Å². The number of carbonyl (C=O) groups is 3. The number of fused-ring (bicyclic) bond motifs is 1. The number of benzene rings is 2. The maximum Gasteiger partial charge on any atom is 0.341 e. The number of Topliss-reactive ketones (excluding diaryl/α,β-unsaturated/α-hetero) is 1. The molecule has 218 valence electrons. The summed E-state index contributed by atoms with van der Waals surface area (Å²) in [5.74, 6) is -0.781. The van der Waals surface area contributed by atoms with Crippen LogP contribution < -0.4 is 19.5 Å². The second-order valence-corrected chi connectivity index (χ2v) is 10.5. The summed E-state index contributed by atoms with van der Waals surface area (Å²) >= 11 is 0. The number of ether oxygens (including phenoxy) is 3. The van der Waals surface area contributed by atoms with Crippen molar-refractivity contribution in [3.05, 3.63) is 52.1 Å². The van der Waals surface area contributed by atoms with Crippen LogP contribution in [0.1, 0.15) is 77.9 Å². The van der Waals surface area contributed by atoms with Gasteiger partial charge in [0.25, 0.3) is 5.91 Å². The molecule has 41 heavy (non-hydrogen) atoms. The summed E-state index contributed by atoms with van der Waals surface area (Å²) < 4.78 is 17.2. The Hall–Kier alpha value is -4.59. The molecule has 1 heterocycles. The summed E-state index contributed by atoms with van der Waals surface area (Å²) in [5, 5.41) is 29.4. The Morgan fingerprint density at radius 2 is 1.85 bits per heavy atom. The molecule has 0 saturated carbocycles. The van der Waals surface area contributed by atoms with Crippen molar-refractivity contribution in [3.8, 4) is 23.3 Å².